The number of carbonyl (C=O) groups excluding carboxylic acids is 1. The second-order valence-corrected chi connectivity index (χ2v) is 3.71. The van der Waals surface area contributed by atoms with Crippen LogP contribution in [0.5, 0.6) is 0 Å². The highest BCUT2D eigenvalue weighted by atomic mass is 79.9. The van der Waals surface area contributed by atoms with Gasteiger partial charge in [-0.05, 0) is 22.9 Å². The van der Waals surface area contributed by atoms with Crippen LogP contribution in [0, 0.1) is 21.7 Å². The number of carbonyl (C=O) groups is 1. The number of halogens is 3. The Kier molecular flexibility index (Phi) is 4.11. The van der Waals surface area contributed by atoms with Crippen LogP contribution in [0.25, 0.3) is 0 Å². The summed E-state index contributed by atoms with van der Waals surface area (Å²) in [5.74, 6) is -4.06. The number of rotatable bonds is 3. The maximum absolute atomic E-state index is 13.5. The highest BCUT2D eigenvalue weighted by molar-refractivity contribution is 9.10. The molecule has 0 bridgehead atoms. The van der Waals surface area contributed by atoms with Crippen molar-refractivity contribution in [2.24, 2.45) is 0 Å². The summed E-state index contributed by atoms with van der Waals surface area (Å²) in [5.41, 5.74) is -2.07. The molecule has 92 valence electrons. The second-order valence-electron chi connectivity index (χ2n) is 2.86. The van der Waals surface area contributed by atoms with Crippen LogP contribution in [0.4, 0.5) is 14.5 Å². The summed E-state index contributed by atoms with van der Waals surface area (Å²) in [6.45, 7) is 1.35. The van der Waals surface area contributed by atoms with Crippen LogP contribution in [0.1, 0.15) is 17.3 Å². The number of nitrogens with zero attached hydrogens (tertiary/aromatic N) is 1. The molecule has 5 nitrogen and oxygen atoms in total. The zero-order valence-electron chi connectivity index (χ0n) is 8.50. The molecule has 0 amide bonds. The van der Waals surface area contributed by atoms with Gasteiger partial charge in [0, 0.05) is 6.07 Å². The molecule has 0 heterocycles. The minimum Gasteiger partial charge on any atom is -0.462 e. The molecule has 0 spiro atoms. The molecule has 0 aliphatic rings. The predicted octanol–water partition coefficient (Wildman–Crippen LogP) is 2.81. The largest absolute Gasteiger partial charge is 0.462 e. The molecule has 0 unspecified atom stereocenters. The number of benzene rings is 1. The second kappa shape index (κ2) is 5.17. The van der Waals surface area contributed by atoms with Crippen molar-refractivity contribution in [3.05, 3.63) is 37.9 Å². The third-order valence-corrected chi connectivity index (χ3v) is 2.39. The molecule has 0 aliphatic heterocycles. The molecule has 1 rings (SSSR count). The monoisotopic (exact) mass is 309 g/mol. The van der Waals surface area contributed by atoms with Gasteiger partial charge in [0.2, 0.25) is 5.82 Å². The summed E-state index contributed by atoms with van der Waals surface area (Å²) in [7, 11) is 0. The van der Waals surface area contributed by atoms with Crippen LogP contribution in [0.2, 0.25) is 0 Å². The van der Waals surface area contributed by atoms with Crippen LogP contribution in [0.15, 0.2) is 10.5 Å². The van der Waals surface area contributed by atoms with Crippen molar-refractivity contribution in [1.82, 2.24) is 0 Å². The van der Waals surface area contributed by atoms with Gasteiger partial charge in [-0.3, -0.25) is 10.1 Å². The first kappa shape index (κ1) is 13.5. The van der Waals surface area contributed by atoms with Gasteiger partial charge in [0.15, 0.2) is 5.82 Å². The highest BCUT2D eigenvalue weighted by Gasteiger charge is 2.29. The summed E-state index contributed by atoms with van der Waals surface area (Å²) < 4.78 is 31.0. The summed E-state index contributed by atoms with van der Waals surface area (Å²) in [4.78, 5) is 20.7. The molecule has 0 atom stereocenters. The van der Waals surface area contributed by atoms with Crippen LogP contribution < -0.4 is 0 Å². The molecule has 0 aromatic heterocycles. The first-order valence-electron chi connectivity index (χ1n) is 4.39. The van der Waals surface area contributed by atoms with Gasteiger partial charge in [-0.15, -0.1) is 0 Å². The lowest BCUT2D eigenvalue weighted by Crippen LogP contribution is -2.12. The average Bonchev–Trinajstić information content (AvgIpc) is 2.23. The van der Waals surface area contributed by atoms with E-state index in [4.69, 9.17) is 0 Å². The SMILES string of the molecule is CCOC(=O)c1c(F)c(Br)cc([N+](=O)[O-])c1F. The molecule has 0 aliphatic carbocycles. The van der Waals surface area contributed by atoms with Crippen molar-refractivity contribution in [2.75, 3.05) is 6.61 Å². The summed E-state index contributed by atoms with van der Waals surface area (Å²) >= 11 is 2.66. The first-order chi connectivity index (χ1) is 7.90. The lowest BCUT2D eigenvalue weighted by molar-refractivity contribution is -0.387. The van der Waals surface area contributed by atoms with Crippen LogP contribution in [-0.4, -0.2) is 17.5 Å². The van der Waals surface area contributed by atoms with E-state index in [1.54, 1.807) is 0 Å². The molecule has 1 aromatic carbocycles. The molecular weight excluding hydrogens is 304 g/mol. The van der Waals surface area contributed by atoms with Gasteiger partial charge in [-0.25, -0.2) is 9.18 Å². The Bertz CT molecular complexity index is 492. The fourth-order valence-electron chi connectivity index (χ4n) is 1.11. The Morgan fingerprint density at radius 2 is 2.12 bits per heavy atom. The van der Waals surface area contributed by atoms with Crippen molar-refractivity contribution in [3.63, 3.8) is 0 Å². The van der Waals surface area contributed by atoms with E-state index in [9.17, 15) is 23.7 Å². The summed E-state index contributed by atoms with van der Waals surface area (Å²) in [6.07, 6.45) is 0. The van der Waals surface area contributed by atoms with E-state index in [1.807, 2.05) is 0 Å². The molecule has 17 heavy (non-hydrogen) atoms. The fourth-order valence-corrected chi connectivity index (χ4v) is 1.52. The zero-order chi connectivity index (χ0) is 13.2. The first-order valence-corrected chi connectivity index (χ1v) is 5.18. The van der Waals surface area contributed by atoms with Gasteiger partial charge in [0.1, 0.15) is 5.56 Å². The normalized spacial score (nSPS) is 10.1. The van der Waals surface area contributed by atoms with Crippen molar-refractivity contribution < 1.29 is 23.2 Å². The molecule has 0 saturated heterocycles. The number of hydrogen-bond donors (Lipinski definition) is 0. The van der Waals surface area contributed by atoms with Gasteiger partial charge >= 0.3 is 11.7 Å². The van der Waals surface area contributed by atoms with Crippen LogP contribution in [0.3, 0.4) is 0 Å². The Morgan fingerprint density at radius 1 is 1.53 bits per heavy atom. The van der Waals surface area contributed by atoms with Gasteiger partial charge < -0.3 is 4.74 Å². The van der Waals surface area contributed by atoms with Crippen molar-refractivity contribution in [2.45, 2.75) is 6.92 Å². The number of nitro benzene ring substituents is 1. The number of ether oxygens (including phenoxy) is 1. The summed E-state index contributed by atoms with van der Waals surface area (Å²) in [5, 5.41) is 10.5. The number of hydrogen-bond acceptors (Lipinski definition) is 4. The van der Waals surface area contributed by atoms with Gasteiger partial charge in [0.25, 0.3) is 0 Å². The predicted molar refractivity (Wildman–Crippen MR) is 56.7 cm³/mol. The third-order valence-electron chi connectivity index (χ3n) is 1.81. The van der Waals surface area contributed by atoms with E-state index in [2.05, 4.69) is 20.7 Å². The van der Waals surface area contributed by atoms with Gasteiger partial charge in [-0.2, -0.15) is 4.39 Å². The van der Waals surface area contributed by atoms with Gasteiger partial charge in [-0.1, -0.05) is 0 Å². The van der Waals surface area contributed by atoms with E-state index in [1.165, 1.54) is 6.92 Å². The molecule has 0 saturated carbocycles. The quantitative estimate of drug-likeness (QED) is 0.372. The zero-order valence-corrected chi connectivity index (χ0v) is 10.1. The molecule has 1 aromatic rings. The molecule has 0 fully saturated rings. The molecular formula is C9H6BrF2NO4. The van der Waals surface area contributed by atoms with E-state index < -0.39 is 33.8 Å². The minimum atomic E-state index is -1.55. The lowest BCUT2D eigenvalue weighted by atomic mass is 10.1. The Labute approximate surface area is 103 Å². The smallest absolute Gasteiger partial charge is 0.344 e. The maximum Gasteiger partial charge on any atom is 0.344 e. The van der Waals surface area contributed by atoms with E-state index in [0.717, 1.165) is 0 Å². The highest BCUT2D eigenvalue weighted by Crippen LogP contribution is 2.30. The topological polar surface area (TPSA) is 69.4 Å². The Balaban J connectivity index is 3.47. The molecule has 0 N–H and O–H groups in total. The summed E-state index contributed by atoms with van der Waals surface area (Å²) in [6, 6.07) is 0.646. The Morgan fingerprint density at radius 3 is 2.59 bits per heavy atom. The Hall–Kier alpha value is -1.57. The van der Waals surface area contributed by atoms with Crippen LogP contribution >= 0.6 is 15.9 Å². The standard InChI is InChI=1S/C9H6BrF2NO4/c1-2-17-9(14)6-7(11)4(10)3-5(8(6)12)13(15)16/h3H,2H2,1H3. The van der Waals surface area contributed by atoms with E-state index in [0.29, 0.717) is 6.07 Å². The number of esters is 1. The van der Waals surface area contributed by atoms with Crippen molar-refractivity contribution in [1.29, 1.82) is 0 Å². The lowest BCUT2D eigenvalue weighted by Gasteiger charge is -2.06. The van der Waals surface area contributed by atoms with E-state index >= 15 is 0 Å². The third kappa shape index (κ3) is 2.57. The molecule has 8 heteroatoms. The van der Waals surface area contributed by atoms with Crippen LogP contribution in [-0.2, 0) is 4.74 Å². The van der Waals surface area contributed by atoms with E-state index in [-0.39, 0.29) is 11.1 Å². The van der Waals surface area contributed by atoms with Crippen molar-refractivity contribution >= 4 is 27.6 Å². The van der Waals surface area contributed by atoms with Crippen molar-refractivity contribution in [3.8, 4) is 0 Å². The fraction of sp³-hybridized carbons (Fsp3) is 0.222. The molecule has 0 radical (unpaired) electrons. The van der Waals surface area contributed by atoms with Gasteiger partial charge in [0.05, 0.1) is 16.0 Å². The average molecular weight is 310 g/mol. The number of nitro groups is 1. The minimum absolute atomic E-state index is 0.0992. The maximum atomic E-state index is 13.5.